The van der Waals surface area contributed by atoms with Crippen LogP contribution in [0.3, 0.4) is 0 Å². The van der Waals surface area contributed by atoms with E-state index in [1.165, 1.54) is 0 Å². The van der Waals surface area contributed by atoms with Crippen LogP contribution in [0.5, 0.6) is 5.75 Å². The quantitative estimate of drug-likeness (QED) is 0.684. The maximum Gasteiger partial charge on any atom is 0.174 e. The summed E-state index contributed by atoms with van der Waals surface area (Å²) in [6.45, 7) is 4.88. The SMILES string of the molecule is C=CCCC(O)N1CCOc2ccc(Br)nc21. The fraction of sp³-hybridized carbons (Fsp3) is 0.417. The van der Waals surface area contributed by atoms with Crippen molar-refractivity contribution in [3.05, 3.63) is 29.4 Å². The summed E-state index contributed by atoms with van der Waals surface area (Å²) in [5.41, 5.74) is 0. The van der Waals surface area contributed by atoms with E-state index in [0.29, 0.717) is 25.4 Å². The highest BCUT2D eigenvalue weighted by Gasteiger charge is 2.24. The summed E-state index contributed by atoms with van der Waals surface area (Å²) in [6.07, 6.45) is 2.69. The molecule has 1 N–H and O–H groups in total. The van der Waals surface area contributed by atoms with Gasteiger partial charge < -0.3 is 14.7 Å². The van der Waals surface area contributed by atoms with Crippen LogP contribution in [0.4, 0.5) is 5.82 Å². The Labute approximate surface area is 109 Å². The van der Waals surface area contributed by atoms with Crippen molar-refractivity contribution in [2.75, 3.05) is 18.1 Å². The number of nitrogens with zero attached hydrogens (tertiary/aromatic N) is 2. The number of fused-ring (bicyclic) bond motifs is 1. The van der Waals surface area contributed by atoms with Gasteiger partial charge in [0.15, 0.2) is 11.6 Å². The molecule has 92 valence electrons. The van der Waals surface area contributed by atoms with Gasteiger partial charge >= 0.3 is 0 Å². The van der Waals surface area contributed by atoms with Gasteiger partial charge in [-0.15, -0.1) is 6.58 Å². The normalized spacial score (nSPS) is 16.0. The Hall–Kier alpha value is -1.07. The van der Waals surface area contributed by atoms with Crippen LogP contribution < -0.4 is 9.64 Å². The largest absolute Gasteiger partial charge is 0.488 e. The molecule has 0 fully saturated rings. The number of hydrogen-bond acceptors (Lipinski definition) is 4. The summed E-state index contributed by atoms with van der Waals surface area (Å²) in [5.74, 6) is 1.42. The third-order valence-electron chi connectivity index (χ3n) is 2.66. The Morgan fingerprint density at radius 1 is 1.65 bits per heavy atom. The van der Waals surface area contributed by atoms with E-state index in [4.69, 9.17) is 4.74 Å². The van der Waals surface area contributed by atoms with Crippen LogP contribution in [0, 0.1) is 0 Å². The molecule has 0 spiro atoms. The Morgan fingerprint density at radius 2 is 2.47 bits per heavy atom. The third-order valence-corrected chi connectivity index (χ3v) is 3.10. The van der Waals surface area contributed by atoms with Gasteiger partial charge in [-0.05, 0) is 40.9 Å². The number of halogens is 1. The first-order valence-electron chi connectivity index (χ1n) is 5.57. The van der Waals surface area contributed by atoms with Crippen molar-refractivity contribution in [3.63, 3.8) is 0 Å². The molecule has 0 saturated heterocycles. The highest BCUT2D eigenvalue weighted by Crippen LogP contribution is 2.32. The molecule has 17 heavy (non-hydrogen) atoms. The minimum Gasteiger partial charge on any atom is -0.488 e. The number of ether oxygens (including phenoxy) is 1. The zero-order valence-electron chi connectivity index (χ0n) is 9.47. The van der Waals surface area contributed by atoms with Crippen molar-refractivity contribution in [2.24, 2.45) is 0 Å². The Bertz CT molecular complexity index is 411. The van der Waals surface area contributed by atoms with Crippen LogP contribution in [-0.2, 0) is 0 Å². The zero-order chi connectivity index (χ0) is 12.3. The first kappa shape index (κ1) is 12.4. The standard InChI is InChI=1S/C12H15BrN2O2/c1-2-3-4-11(16)15-7-8-17-9-5-6-10(13)14-12(9)15/h2,5-6,11,16H,1,3-4,7-8H2. The summed E-state index contributed by atoms with van der Waals surface area (Å²) in [6, 6.07) is 3.69. The van der Waals surface area contributed by atoms with Crippen molar-refractivity contribution in [2.45, 2.75) is 19.1 Å². The van der Waals surface area contributed by atoms with E-state index in [2.05, 4.69) is 27.5 Å². The van der Waals surface area contributed by atoms with E-state index in [0.717, 1.165) is 16.8 Å². The molecule has 0 saturated carbocycles. The van der Waals surface area contributed by atoms with Gasteiger partial charge in [-0.25, -0.2) is 4.98 Å². The van der Waals surface area contributed by atoms with E-state index in [1.54, 1.807) is 6.08 Å². The molecule has 1 aromatic heterocycles. The number of anilines is 1. The summed E-state index contributed by atoms with van der Waals surface area (Å²) in [4.78, 5) is 6.22. The molecular weight excluding hydrogens is 284 g/mol. The van der Waals surface area contributed by atoms with Gasteiger partial charge in [0.25, 0.3) is 0 Å². The topological polar surface area (TPSA) is 45.6 Å². The fourth-order valence-corrected chi connectivity index (χ4v) is 2.10. The lowest BCUT2D eigenvalue weighted by atomic mass is 10.2. The van der Waals surface area contributed by atoms with Crippen LogP contribution in [-0.4, -0.2) is 29.5 Å². The molecule has 0 bridgehead atoms. The van der Waals surface area contributed by atoms with Crippen molar-refractivity contribution >= 4 is 21.7 Å². The predicted octanol–water partition coefficient (Wildman–Crippen LogP) is 2.33. The molecule has 1 aliphatic heterocycles. The van der Waals surface area contributed by atoms with E-state index >= 15 is 0 Å². The number of allylic oxidation sites excluding steroid dienone is 1. The van der Waals surface area contributed by atoms with Crippen molar-refractivity contribution in [3.8, 4) is 5.75 Å². The van der Waals surface area contributed by atoms with Crippen LogP contribution in [0.1, 0.15) is 12.8 Å². The third kappa shape index (κ3) is 2.79. The lowest BCUT2D eigenvalue weighted by Crippen LogP contribution is -2.41. The molecule has 0 aromatic carbocycles. The Morgan fingerprint density at radius 3 is 3.24 bits per heavy atom. The predicted molar refractivity (Wildman–Crippen MR) is 70.2 cm³/mol. The average molecular weight is 299 g/mol. The smallest absolute Gasteiger partial charge is 0.174 e. The highest BCUT2D eigenvalue weighted by atomic mass is 79.9. The summed E-state index contributed by atoms with van der Waals surface area (Å²) >= 11 is 3.33. The fourth-order valence-electron chi connectivity index (χ4n) is 1.80. The lowest BCUT2D eigenvalue weighted by Gasteiger charge is -2.33. The van der Waals surface area contributed by atoms with Gasteiger partial charge in [-0.1, -0.05) is 6.08 Å². The van der Waals surface area contributed by atoms with Crippen LogP contribution in [0.25, 0.3) is 0 Å². The zero-order valence-corrected chi connectivity index (χ0v) is 11.1. The number of rotatable bonds is 4. The molecule has 1 aliphatic rings. The Balaban J connectivity index is 2.21. The van der Waals surface area contributed by atoms with Crippen molar-refractivity contribution in [1.29, 1.82) is 0 Å². The molecule has 1 unspecified atom stereocenters. The number of aliphatic hydroxyl groups is 1. The van der Waals surface area contributed by atoms with E-state index in [-0.39, 0.29) is 0 Å². The van der Waals surface area contributed by atoms with E-state index in [9.17, 15) is 5.11 Å². The van der Waals surface area contributed by atoms with Crippen LogP contribution >= 0.6 is 15.9 Å². The number of pyridine rings is 1. The molecular formula is C12H15BrN2O2. The second-order valence-corrected chi connectivity index (χ2v) is 4.66. The van der Waals surface area contributed by atoms with Crippen LogP contribution in [0.15, 0.2) is 29.4 Å². The van der Waals surface area contributed by atoms with Gasteiger partial charge in [-0.2, -0.15) is 0 Å². The molecule has 1 aromatic rings. The summed E-state index contributed by atoms with van der Waals surface area (Å²) < 4.78 is 6.25. The monoisotopic (exact) mass is 298 g/mol. The van der Waals surface area contributed by atoms with Crippen molar-refractivity contribution < 1.29 is 9.84 Å². The molecule has 2 rings (SSSR count). The molecule has 2 heterocycles. The summed E-state index contributed by atoms with van der Waals surface area (Å²) in [5, 5.41) is 10.1. The van der Waals surface area contributed by atoms with Crippen molar-refractivity contribution in [1.82, 2.24) is 4.98 Å². The lowest BCUT2D eigenvalue weighted by molar-refractivity contribution is 0.145. The molecule has 4 nitrogen and oxygen atoms in total. The number of hydrogen-bond donors (Lipinski definition) is 1. The second-order valence-electron chi connectivity index (χ2n) is 3.84. The maximum atomic E-state index is 10.1. The molecule has 1 atom stereocenters. The molecule has 0 amide bonds. The highest BCUT2D eigenvalue weighted by molar-refractivity contribution is 9.10. The average Bonchev–Trinajstić information content (AvgIpc) is 2.35. The number of aliphatic hydroxyl groups excluding tert-OH is 1. The molecule has 0 aliphatic carbocycles. The minimum absolute atomic E-state index is 0.544. The Kier molecular flexibility index (Phi) is 4.02. The van der Waals surface area contributed by atoms with Crippen LogP contribution in [0.2, 0.25) is 0 Å². The maximum absolute atomic E-state index is 10.1. The van der Waals surface area contributed by atoms with Gasteiger partial charge in [0, 0.05) is 0 Å². The first-order chi connectivity index (χ1) is 8.22. The van der Waals surface area contributed by atoms with Gasteiger partial charge in [0.05, 0.1) is 6.54 Å². The molecule has 5 heteroatoms. The number of aromatic nitrogens is 1. The summed E-state index contributed by atoms with van der Waals surface area (Å²) in [7, 11) is 0. The minimum atomic E-state index is -0.544. The van der Waals surface area contributed by atoms with E-state index < -0.39 is 6.23 Å². The second kappa shape index (κ2) is 5.51. The van der Waals surface area contributed by atoms with Gasteiger partial charge in [-0.3, -0.25) is 0 Å². The first-order valence-corrected chi connectivity index (χ1v) is 6.36. The van der Waals surface area contributed by atoms with E-state index in [1.807, 2.05) is 17.0 Å². The van der Waals surface area contributed by atoms with Gasteiger partial charge in [0.2, 0.25) is 0 Å². The molecule has 0 radical (unpaired) electrons. The van der Waals surface area contributed by atoms with Gasteiger partial charge in [0.1, 0.15) is 17.4 Å².